The number of aromatic nitrogens is 3. The molecule has 36 heavy (non-hydrogen) atoms. The average molecular weight is 498 g/mol. The average Bonchev–Trinajstić information content (AvgIpc) is 3.09. The summed E-state index contributed by atoms with van der Waals surface area (Å²) in [5.41, 5.74) is 4.84. The van der Waals surface area contributed by atoms with Gasteiger partial charge in [0, 0.05) is 41.9 Å². The molecule has 0 saturated heterocycles. The van der Waals surface area contributed by atoms with E-state index in [0.29, 0.717) is 29.2 Å². The lowest BCUT2D eigenvalue weighted by Gasteiger charge is -2.14. The third-order valence-corrected chi connectivity index (χ3v) is 7.17. The fraction of sp³-hybridized carbons (Fsp3) is 0.321. The molecule has 182 valence electrons. The van der Waals surface area contributed by atoms with Gasteiger partial charge in [-0.1, -0.05) is 79.7 Å². The monoisotopic (exact) mass is 497 g/mol. The maximum Gasteiger partial charge on any atom is 0.223 e. The number of hydrogen-bond acceptors (Lipinski definition) is 4. The van der Waals surface area contributed by atoms with Crippen LogP contribution < -0.4 is 16.1 Å². The van der Waals surface area contributed by atoms with Crippen molar-refractivity contribution in [1.29, 1.82) is 0 Å². The summed E-state index contributed by atoms with van der Waals surface area (Å²) in [6.45, 7) is 1.15. The van der Waals surface area contributed by atoms with Gasteiger partial charge < -0.3 is 10.6 Å². The second-order valence-corrected chi connectivity index (χ2v) is 9.83. The Morgan fingerprint density at radius 1 is 1.00 bits per heavy atom. The molecule has 2 N–H and O–H groups in total. The molecule has 0 aliphatic heterocycles. The molecule has 0 spiro atoms. The molecule has 1 saturated carbocycles. The van der Waals surface area contributed by atoms with Crippen LogP contribution in [0.3, 0.4) is 0 Å². The van der Waals surface area contributed by atoms with E-state index < -0.39 is 0 Å². The lowest BCUT2D eigenvalue weighted by molar-refractivity contribution is -0.125. The van der Waals surface area contributed by atoms with Crippen LogP contribution in [0.15, 0.2) is 60.8 Å². The topological polar surface area (TPSA) is 71.3 Å². The zero-order valence-corrected chi connectivity index (χ0v) is 21.0. The summed E-state index contributed by atoms with van der Waals surface area (Å²) in [5, 5.41) is 11.6. The number of fused-ring (bicyclic) bond motifs is 1. The minimum absolute atomic E-state index is 0.167. The number of amides is 1. The molecule has 1 aliphatic carbocycles. The van der Waals surface area contributed by atoms with E-state index in [4.69, 9.17) is 19.4 Å². The summed E-state index contributed by atoms with van der Waals surface area (Å²) in [7, 11) is 6.12. The van der Waals surface area contributed by atoms with Crippen molar-refractivity contribution < 1.29 is 4.79 Å². The summed E-state index contributed by atoms with van der Waals surface area (Å²) in [5.74, 6) is 1.13. The minimum Gasteiger partial charge on any atom is -0.366 e. The minimum atomic E-state index is 0.167. The second-order valence-electron chi connectivity index (χ2n) is 9.42. The zero-order valence-electron chi connectivity index (χ0n) is 20.2. The highest BCUT2D eigenvalue weighted by atomic mass is 35.5. The lowest BCUT2D eigenvalue weighted by Crippen LogP contribution is -2.30. The second kappa shape index (κ2) is 11.2. The van der Waals surface area contributed by atoms with Crippen molar-refractivity contribution in [3.8, 4) is 11.3 Å². The fourth-order valence-corrected chi connectivity index (χ4v) is 4.99. The normalized spacial score (nSPS) is 14.5. The molecule has 1 aliphatic rings. The Morgan fingerprint density at radius 2 is 1.69 bits per heavy atom. The molecule has 0 bridgehead atoms. The van der Waals surface area contributed by atoms with E-state index in [-0.39, 0.29) is 11.8 Å². The van der Waals surface area contributed by atoms with Gasteiger partial charge in [-0.15, -0.1) is 0 Å². The number of anilines is 1. The molecule has 0 unspecified atom stereocenters. The predicted molar refractivity (Wildman–Crippen MR) is 146 cm³/mol. The molecule has 0 atom stereocenters. The Hall–Kier alpha value is -3.32. The van der Waals surface area contributed by atoms with E-state index in [1.54, 1.807) is 10.7 Å². The number of carbonyl (C=O) groups is 1. The molecule has 1 fully saturated rings. The maximum absolute atomic E-state index is 12.6. The number of nitrogens with zero attached hydrogens (tertiary/aromatic N) is 3. The lowest BCUT2D eigenvalue weighted by atomic mass is 9.99. The van der Waals surface area contributed by atoms with Crippen molar-refractivity contribution in [2.24, 2.45) is 5.92 Å². The standard InChI is InChI=1S/C28H29BClN5O/c29-23-18-33-35-26(15-25(34-27(23)35)22-9-5-6-10-24(22)30)31-16-19-11-13-20(14-12-19)17-32-28(36)21-7-3-1-2-4-8-21/h5-6,9-15,18,21,31H,1-4,7-8,16-17H2,(H,32,36). The summed E-state index contributed by atoms with van der Waals surface area (Å²) in [6, 6.07) is 17.8. The third kappa shape index (κ3) is 5.57. The molecule has 1 amide bonds. The highest BCUT2D eigenvalue weighted by molar-refractivity contribution is 6.36. The number of benzene rings is 2. The van der Waals surface area contributed by atoms with Gasteiger partial charge in [0.25, 0.3) is 0 Å². The Labute approximate surface area is 217 Å². The smallest absolute Gasteiger partial charge is 0.223 e. The first kappa shape index (κ1) is 24.4. The van der Waals surface area contributed by atoms with Crippen molar-refractivity contribution in [3.05, 3.63) is 76.9 Å². The zero-order chi connectivity index (χ0) is 24.9. The van der Waals surface area contributed by atoms with E-state index >= 15 is 0 Å². The fourth-order valence-electron chi connectivity index (χ4n) is 4.76. The maximum atomic E-state index is 12.6. The van der Waals surface area contributed by atoms with Crippen molar-refractivity contribution in [1.82, 2.24) is 19.9 Å². The number of hydrogen-bond donors (Lipinski definition) is 2. The highest BCUT2D eigenvalue weighted by Gasteiger charge is 2.19. The van der Waals surface area contributed by atoms with Crippen LogP contribution in [-0.4, -0.2) is 28.4 Å². The third-order valence-electron chi connectivity index (χ3n) is 6.84. The largest absolute Gasteiger partial charge is 0.366 e. The van der Waals surface area contributed by atoms with Crippen molar-refractivity contribution in [3.63, 3.8) is 0 Å². The Balaban J connectivity index is 1.25. The number of nitrogens with one attached hydrogen (secondary N) is 2. The summed E-state index contributed by atoms with van der Waals surface area (Å²) < 4.78 is 1.70. The van der Waals surface area contributed by atoms with Gasteiger partial charge in [0.05, 0.1) is 5.69 Å². The van der Waals surface area contributed by atoms with Gasteiger partial charge in [0.2, 0.25) is 5.91 Å². The molecule has 2 heterocycles. The first-order chi connectivity index (χ1) is 17.6. The Kier molecular flexibility index (Phi) is 7.56. The first-order valence-corrected chi connectivity index (χ1v) is 12.9. The summed E-state index contributed by atoms with van der Waals surface area (Å²) in [6.07, 6.45) is 8.45. The van der Waals surface area contributed by atoms with Crippen LogP contribution in [-0.2, 0) is 17.9 Å². The van der Waals surface area contributed by atoms with Crippen LogP contribution in [0, 0.1) is 5.92 Å². The quantitative estimate of drug-likeness (QED) is 0.277. The van der Waals surface area contributed by atoms with Gasteiger partial charge in [-0.3, -0.25) is 4.79 Å². The van der Waals surface area contributed by atoms with Gasteiger partial charge in [0.15, 0.2) is 5.65 Å². The number of rotatable bonds is 7. The molecule has 2 aromatic carbocycles. The van der Waals surface area contributed by atoms with Gasteiger partial charge in [-0.05, 0) is 35.5 Å². The van der Waals surface area contributed by atoms with E-state index in [9.17, 15) is 4.79 Å². The molecule has 2 aromatic heterocycles. The molecule has 6 nitrogen and oxygen atoms in total. The molecule has 4 aromatic rings. The predicted octanol–water partition coefficient (Wildman–Crippen LogP) is 5.04. The van der Waals surface area contributed by atoms with Gasteiger partial charge in [-0.25, -0.2) is 4.98 Å². The Morgan fingerprint density at radius 3 is 2.42 bits per heavy atom. The highest BCUT2D eigenvalue weighted by Crippen LogP contribution is 2.28. The number of halogens is 1. The van der Waals surface area contributed by atoms with Gasteiger partial charge in [-0.2, -0.15) is 9.61 Å². The van der Waals surface area contributed by atoms with Crippen molar-refractivity contribution in [2.75, 3.05) is 5.32 Å². The number of carbonyl (C=O) groups excluding carboxylic acids is 1. The molecule has 5 rings (SSSR count). The first-order valence-electron chi connectivity index (χ1n) is 12.6. The Bertz CT molecular complexity index is 1350. The van der Waals surface area contributed by atoms with Gasteiger partial charge >= 0.3 is 0 Å². The molecular weight excluding hydrogens is 469 g/mol. The summed E-state index contributed by atoms with van der Waals surface area (Å²) >= 11 is 6.42. The van der Waals surface area contributed by atoms with Crippen LogP contribution in [0.2, 0.25) is 5.02 Å². The van der Waals surface area contributed by atoms with Crippen molar-refractivity contribution in [2.45, 2.75) is 51.6 Å². The SMILES string of the molecule is [B]c1cnn2c(NCc3ccc(CNC(=O)C4CCCCCC4)cc3)cc(-c3ccccc3Cl)nc12. The van der Waals surface area contributed by atoms with Gasteiger partial charge in [0.1, 0.15) is 13.7 Å². The molecular formula is C28H29BClN5O. The van der Waals surface area contributed by atoms with Crippen LogP contribution in [0.5, 0.6) is 0 Å². The van der Waals surface area contributed by atoms with Crippen LogP contribution in [0.4, 0.5) is 5.82 Å². The van der Waals surface area contributed by atoms with E-state index in [1.165, 1.54) is 12.8 Å². The molecule has 2 radical (unpaired) electrons. The van der Waals surface area contributed by atoms with Crippen LogP contribution in [0.1, 0.15) is 49.7 Å². The van der Waals surface area contributed by atoms with Crippen LogP contribution >= 0.6 is 11.6 Å². The van der Waals surface area contributed by atoms with E-state index in [2.05, 4.69) is 45.0 Å². The van der Waals surface area contributed by atoms with E-state index in [1.807, 2.05) is 30.3 Å². The van der Waals surface area contributed by atoms with Crippen LogP contribution in [0.25, 0.3) is 16.9 Å². The van der Waals surface area contributed by atoms with E-state index in [0.717, 1.165) is 53.9 Å². The summed E-state index contributed by atoms with van der Waals surface area (Å²) in [4.78, 5) is 17.2. The molecule has 8 heteroatoms. The van der Waals surface area contributed by atoms with Crippen molar-refractivity contribution >= 4 is 42.3 Å².